The van der Waals surface area contributed by atoms with Crippen LogP contribution in [0.2, 0.25) is 0 Å². The molecular formula is C18H29NO3S. The molecular weight excluding hydrogens is 310 g/mol. The first-order valence-electron chi connectivity index (χ1n) is 8.62. The molecule has 0 bridgehead atoms. The molecule has 2 rings (SSSR count). The van der Waals surface area contributed by atoms with Gasteiger partial charge in [-0.05, 0) is 45.4 Å². The van der Waals surface area contributed by atoms with Gasteiger partial charge in [-0.25, -0.2) is 0 Å². The molecule has 2 fully saturated rings. The molecule has 130 valence electrons. The monoisotopic (exact) mass is 339 g/mol. The van der Waals surface area contributed by atoms with E-state index in [1.807, 2.05) is 20.8 Å². The zero-order chi connectivity index (χ0) is 17.4. The molecule has 1 aliphatic carbocycles. The Hall–Kier alpha value is -0.840. The third-order valence-electron chi connectivity index (χ3n) is 5.18. The minimum atomic E-state index is -0.598. The van der Waals surface area contributed by atoms with Crippen LogP contribution in [0.4, 0.5) is 0 Å². The Kier molecular flexibility index (Phi) is 5.29. The highest BCUT2D eigenvalue weighted by Gasteiger charge is 2.50. The number of carbonyl (C=O) groups excluding carboxylic acids is 3. The van der Waals surface area contributed by atoms with Gasteiger partial charge in [0.1, 0.15) is 6.29 Å². The van der Waals surface area contributed by atoms with Gasteiger partial charge in [0.15, 0.2) is 0 Å². The van der Waals surface area contributed by atoms with Crippen molar-refractivity contribution in [2.45, 2.75) is 82.3 Å². The van der Waals surface area contributed by atoms with Crippen LogP contribution in [0.3, 0.4) is 0 Å². The minimum absolute atomic E-state index is 0.0634. The Balaban J connectivity index is 2.07. The molecule has 0 spiro atoms. The number of likely N-dealkylation sites (tertiary alicyclic amines) is 1. The average Bonchev–Trinajstić information content (AvgIpc) is 2.69. The summed E-state index contributed by atoms with van der Waals surface area (Å²) in [6.45, 7) is 10.2. The van der Waals surface area contributed by atoms with E-state index >= 15 is 0 Å². The molecule has 0 aromatic heterocycles. The first kappa shape index (κ1) is 18.5. The summed E-state index contributed by atoms with van der Waals surface area (Å²) in [6, 6.07) is 0. The molecule has 0 aromatic carbocycles. The normalized spacial score (nSPS) is 32.8. The summed E-state index contributed by atoms with van der Waals surface area (Å²) in [5.41, 5.74) is -0.598. The molecule has 0 N–H and O–H groups in total. The number of amides is 2. The summed E-state index contributed by atoms with van der Waals surface area (Å²) in [6.07, 6.45) is 4.74. The van der Waals surface area contributed by atoms with Crippen LogP contribution in [-0.4, -0.2) is 38.5 Å². The summed E-state index contributed by atoms with van der Waals surface area (Å²) >= 11 is 1.68. The summed E-state index contributed by atoms with van der Waals surface area (Å²) < 4.78 is 0.134. The van der Waals surface area contributed by atoms with E-state index in [0.29, 0.717) is 18.8 Å². The van der Waals surface area contributed by atoms with Crippen molar-refractivity contribution >= 4 is 29.9 Å². The van der Waals surface area contributed by atoms with Crippen LogP contribution in [0.15, 0.2) is 0 Å². The predicted molar refractivity (Wildman–Crippen MR) is 93.2 cm³/mol. The molecule has 2 aliphatic rings. The Morgan fingerprint density at radius 1 is 1.39 bits per heavy atom. The second-order valence-corrected chi connectivity index (χ2v) is 9.95. The SMILES string of the molecule is CCC(C=O)CC(C)(C)N1C(=O)CC(SC2(C)CC(C)C2)C1=O. The highest BCUT2D eigenvalue weighted by molar-refractivity contribution is 8.02. The fourth-order valence-corrected chi connectivity index (χ4v) is 6.09. The largest absolute Gasteiger partial charge is 0.303 e. The molecule has 2 amide bonds. The number of imide groups is 1. The van der Waals surface area contributed by atoms with E-state index in [4.69, 9.17) is 0 Å². The second-order valence-electron chi connectivity index (χ2n) is 8.16. The van der Waals surface area contributed by atoms with Crippen molar-refractivity contribution in [3.63, 3.8) is 0 Å². The summed E-state index contributed by atoms with van der Waals surface area (Å²) in [5.74, 6) is 0.452. The maximum atomic E-state index is 12.8. The molecule has 5 heteroatoms. The third kappa shape index (κ3) is 3.81. The zero-order valence-electron chi connectivity index (χ0n) is 14.9. The molecule has 1 saturated carbocycles. The van der Waals surface area contributed by atoms with Gasteiger partial charge in [0, 0.05) is 22.6 Å². The van der Waals surface area contributed by atoms with Gasteiger partial charge < -0.3 is 4.79 Å². The van der Waals surface area contributed by atoms with Crippen LogP contribution >= 0.6 is 11.8 Å². The van der Waals surface area contributed by atoms with Crippen LogP contribution in [0, 0.1) is 11.8 Å². The molecule has 2 unspecified atom stereocenters. The van der Waals surface area contributed by atoms with Gasteiger partial charge in [-0.15, -0.1) is 11.8 Å². The van der Waals surface area contributed by atoms with E-state index in [0.717, 1.165) is 25.5 Å². The van der Waals surface area contributed by atoms with Gasteiger partial charge in [0.25, 0.3) is 0 Å². The number of hydrogen-bond acceptors (Lipinski definition) is 4. The predicted octanol–water partition coefficient (Wildman–Crippen LogP) is 3.43. The molecule has 1 saturated heterocycles. The highest BCUT2D eigenvalue weighted by atomic mass is 32.2. The molecule has 23 heavy (non-hydrogen) atoms. The lowest BCUT2D eigenvalue weighted by atomic mass is 9.76. The maximum Gasteiger partial charge on any atom is 0.243 e. The van der Waals surface area contributed by atoms with Gasteiger partial charge in [0.05, 0.1) is 5.25 Å². The van der Waals surface area contributed by atoms with Crippen molar-refractivity contribution in [1.82, 2.24) is 4.90 Å². The molecule has 0 aromatic rings. The fourth-order valence-electron chi connectivity index (χ4n) is 4.21. The van der Waals surface area contributed by atoms with E-state index in [2.05, 4.69) is 13.8 Å². The van der Waals surface area contributed by atoms with Gasteiger partial charge >= 0.3 is 0 Å². The minimum Gasteiger partial charge on any atom is -0.303 e. The van der Waals surface area contributed by atoms with Crippen molar-refractivity contribution in [2.75, 3.05) is 0 Å². The quantitative estimate of drug-likeness (QED) is 0.527. The fraction of sp³-hybridized carbons (Fsp3) is 0.833. The zero-order valence-corrected chi connectivity index (χ0v) is 15.7. The average molecular weight is 340 g/mol. The van der Waals surface area contributed by atoms with Crippen LogP contribution in [-0.2, 0) is 14.4 Å². The number of aldehydes is 1. The Labute approximate surface area is 143 Å². The molecule has 0 radical (unpaired) electrons. The van der Waals surface area contributed by atoms with Crippen LogP contribution in [0.25, 0.3) is 0 Å². The van der Waals surface area contributed by atoms with Gasteiger partial charge in [-0.3, -0.25) is 14.5 Å². The van der Waals surface area contributed by atoms with Crippen molar-refractivity contribution in [1.29, 1.82) is 0 Å². The summed E-state index contributed by atoms with van der Waals surface area (Å²) in [5, 5.41) is -0.254. The van der Waals surface area contributed by atoms with E-state index < -0.39 is 5.54 Å². The summed E-state index contributed by atoms with van der Waals surface area (Å²) in [7, 11) is 0. The van der Waals surface area contributed by atoms with Crippen molar-refractivity contribution in [3.8, 4) is 0 Å². The third-order valence-corrected chi connectivity index (χ3v) is 6.73. The van der Waals surface area contributed by atoms with Crippen molar-refractivity contribution < 1.29 is 14.4 Å². The van der Waals surface area contributed by atoms with Gasteiger partial charge in [-0.1, -0.05) is 20.8 Å². The molecule has 1 aliphatic heterocycles. The van der Waals surface area contributed by atoms with E-state index in [1.165, 1.54) is 4.90 Å². The lowest BCUT2D eigenvalue weighted by Gasteiger charge is -2.44. The molecule has 2 atom stereocenters. The van der Waals surface area contributed by atoms with E-state index in [9.17, 15) is 14.4 Å². The first-order chi connectivity index (χ1) is 10.6. The van der Waals surface area contributed by atoms with E-state index in [1.54, 1.807) is 11.8 Å². The number of hydrogen-bond donors (Lipinski definition) is 0. The lowest BCUT2D eigenvalue weighted by Crippen LogP contribution is -2.49. The van der Waals surface area contributed by atoms with Gasteiger partial charge in [0.2, 0.25) is 11.8 Å². The lowest BCUT2D eigenvalue weighted by molar-refractivity contribution is -0.145. The highest BCUT2D eigenvalue weighted by Crippen LogP contribution is 2.51. The number of carbonyl (C=O) groups is 3. The smallest absolute Gasteiger partial charge is 0.243 e. The Morgan fingerprint density at radius 2 is 2.00 bits per heavy atom. The number of nitrogens with zero attached hydrogens (tertiary/aromatic N) is 1. The Bertz CT molecular complexity index is 496. The maximum absolute atomic E-state index is 12.8. The molecule has 4 nitrogen and oxygen atoms in total. The summed E-state index contributed by atoms with van der Waals surface area (Å²) in [4.78, 5) is 37.8. The van der Waals surface area contributed by atoms with Gasteiger partial charge in [-0.2, -0.15) is 0 Å². The van der Waals surface area contributed by atoms with Crippen LogP contribution in [0.1, 0.15) is 66.7 Å². The van der Waals surface area contributed by atoms with Crippen molar-refractivity contribution in [3.05, 3.63) is 0 Å². The second kappa shape index (κ2) is 6.58. The van der Waals surface area contributed by atoms with Crippen LogP contribution < -0.4 is 0 Å². The van der Waals surface area contributed by atoms with E-state index in [-0.39, 0.29) is 27.7 Å². The number of rotatable bonds is 7. The first-order valence-corrected chi connectivity index (χ1v) is 9.50. The van der Waals surface area contributed by atoms with Crippen molar-refractivity contribution in [2.24, 2.45) is 11.8 Å². The topological polar surface area (TPSA) is 54.5 Å². The molecule has 1 heterocycles. The van der Waals surface area contributed by atoms with Crippen LogP contribution in [0.5, 0.6) is 0 Å². The Morgan fingerprint density at radius 3 is 2.48 bits per heavy atom. The standard InChI is InChI=1S/C18H29NO3S/c1-6-13(11-20)10-17(3,4)19-15(21)7-14(16(19)22)23-18(5)8-12(2)9-18/h11-14H,6-10H2,1-5H3. The number of thioether (sulfide) groups is 1.